The van der Waals surface area contributed by atoms with Gasteiger partial charge in [0.25, 0.3) is 0 Å². The summed E-state index contributed by atoms with van der Waals surface area (Å²) in [6.07, 6.45) is 5.14. The smallest absolute Gasteiger partial charge is 0.197 e. The van der Waals surface area contributed by atoms with Crippen molar-refractivity contribution in [3.8, 4) is 11.3 Å². The monoisotopic (exact) mass is 238 g/mol. The summed E-state index contributed by atoms with van der Waals surface area (Å²) >= 11 is 3.39. The van der Waals surface area contributed by atoms with Crippen LogP contribution in [0.25, 0.3) is 11.3 Å². The quantitative estimate of drug-likeness (QED) is 0.797. The number of aromatic nitrogens is 3. The van der Waals surface area contributed by atoms with Crippen LogP contribution in [0.4, 0.5) is 5.95 Å². The minimum Gasteiger partial charge on any atom is -0.369 e. The average Bonchev–Trinajstić information content (AvgIpc) is 2.53. The number of hydrogen-bond donors (Lipinski definition) is 2. The van der Waals surface area contributed by atoms with Crippen molar-refractivity contribution in [2.45, 2.75) is 0 Å². The summed E-state index contributed by atoms with van der Waals surface area (Å²) in [5.41, 5.74) is 7.35. The van der Waals surface area contributed by atoms with Crippen LogP contribution >= 0.6 is 15.9 Å². The number of halogens is 1. The molecule has 0 unspecified atom stereocenters. The maximum Gasteiger partial charge on any atom is 0.197 e. The summed E-state index contributed by atoms with van der Waals surface area (Å²) in [7, 11) is 0. The Morgan fingerprint density at radius 3 is 2.85 bits per heavy atom. The number of nitrogens with one attached hydrogen (secondary N) is 1. The molecule has 0 radical (unpaired) electrons. The van der Waals surface area contributed by atoms with Crippen molar-refractivity contribution >= 4 is 21.9 Å². The molecule has 66 valence electrons. The fourth-order valence-electron chi connectivity index (χ4n) is 1.07. The van der Waals surface area contributed by atoms with E-state index in [9.17, 15) is 0 Å². The third kappa shape index (κ3) is 1.55. The summed E-state index contributed by atoms with van der Waals surface area (Å²) in [5.74, 6) is 0.415. The van der Waals surface area contributed by atoms with Crippen molar-refractivity contribution in [2.75, 3.05) is 5.73 Å². The molecule has 0 saturated carbocycles. The van der Waals surface area contributed by atoms with Gasteiger partial charge in [-0.1, -0.05) is 0 Å². The van der Waals surface area contributed by atoms with Gasteiger partial charge in [0.2, 0.25) is 0 Å². The molecule has 2 aromatic rings. The van der Waals surface area contributed by atoms with E-state index in [1.54, 1.807) is 18.6 Å². The van der Waals surface area contributed by atoms with Crippen molar-refractivity contribution < 1.29 is 0 Å². The number of hydrogen-bond acceptors (Lipinski definition) is 3. The zero-order valence-electron chi connectivity index (χ0n) is 6.66. The SMILES string of the molecule is Nc1ncc(-c2ccncc2Br)[nH]1. The largest absolute Gasteiger partial charge is 0.369 e. The zero-order valence-corrected chi connectivity index (χ0v) is 8.25. The van der Waals surface area contributed by atoms with E-state index < -0.39 is 0 Å². The summed E-state index contributed by atoms with van der Waals surface area (Å²) in [6, 6.07) is 1.89. The molecule has 3 N–H and O–H groups in total. The topological polar surface area (TPSA) is 67.6 Å². The number of rotatable bonds is 1. The van der Waals surface area contributed by atoms with E-state index in [0.717, 1.165) is 15.7 Å². The van der Waals surface area contributed by atoms with Crippen molar-refractivity contribution in [3.63, 3.8) is 0 Å². The molecule has 0 aliphatic carbocycles. The molecule has 0 bridgehead atoms. The van der Waals surface area contributed by atoms with Crippen molar-refractivity contribution in [3.05, 3.63) is 29.1 Å². The van der Waals surface area contributed by atoms with Gasteiger partial charge in [-0.2, -0.15) is 0 Å². The maximum absolute atomic E-state index is 5.47. The Morgan fingerprint density at radius 2 is 2.23 bits per heavy atom. The second-order valence-electron chi connectivity index (χ2n) is 2.54. The van der Waals surface area contributed by atoms with Gasteiger partial charge in [0, 0.05) is 22.4 Å². The average molecular weight is 239 g/mol. The van der Waals surface area contributed by atoms with Crippen molar-refractivity contribution in [2.24, 2.45) is 0 Å². The third-order valence-electron chi connectivity index (χ3n) is 1.66. The Morgan fingerprint density at radius 1 is 1.38 bits per heavy atom. The summed E-state index contributed by atoms with van der Waals surface area (Å²) < 4.78 is 0.915. The molecule has 2 rings (SSSR count). The highest BCUT2D eigenvalue weighted by Crippen LogP contribution is 2.25. The summed E-state index contributed by atoms with van der Waals surface area (Å²) in [5, 5.41) is 0. The van der Waals surface area contributed by atoms with Crippen LogP contribution in [0.3, 0.4) is 0 Å². The van der Waals surface area contributed by atoms with E-state index in [-0.39, 0.29) is 0 Å². The van der Waals surface area contributed by atoms with Crippen molar-refractivity contribution in [1.29, 1.82) is 0 Å². The number of anilines is 1. The van der Waals surface area contributed by atoms with Gasteiger partial charge >= 0.3 is 0 Å². The Balaban J connectivity index is 2.52. The second kappa shape index (κ2) is 3.18. The Labute approximate surface area is 83.3 Å². The molecule has 0 aromatic carbocycles. The minimum atomic E-state index is 0.415. The molecule has 4 nitrogen and oxygen atoms in total. The molecule has 0 fully saturated rings. The van der Waals surface area contributed by atoms with E-state index in [2.05, 4.69) is 30.9 Å². The summed E-state index contributed by atoms with van der Waals surface area (Å²) in [4.78, 5) is 10.8. The predicted octanol–water partition coefficient (Wildman–Crippen LogP) is 1.82. The van der Waals surface area contributed by atoms with E-state index >= 15 is 0 Å². The lowest BCUT2D eigenvalue weighted by molar-refractivity contribution is 1.29. The second-order valence-corrected chi connectivity index (χ2v) is 3.39. The number of pyridine rings is 1. The highest BCUT2D eigenvalue weighted by molar-refractivity contribution is 9.10. The van der Waals surface area contributed by atoms with Crippen LogP contribution in [0, 0.1) is 0 Å². The fraction of sp³-hybridized carbons (Fsp3) is 0. The van der Waals surface area contributed by atoms with Gasteiger partial charge < -0.3 is 10.7 Å². The molecule has 0 spiro atoms. The van der Waals surface area contributed by atoms with Crippen LogP contribution in [0.1, 0.15) is 0 Å². The number of nitrogens with two attached hydrogens (primary N) is 1. The number of H-pyrrole nitrogens is 1. The third-order valence-corrected chi connectivity index (χ3v) is 2.29. The van der Waals surface area contributed by atoms with Crippen LogP contribution in [0.2, 0.25) is 0 Å². The highest BCUT2D eigenvalue weighted by atomic mass is 79.9. The van der Waals surface area contributed by atoms with Gasteiger partial charge in [0.15, 0.2) is 5.95 Å². The molecule has 0 aliphatic heterocycles. The van der Waals surface area contributed by atoms with Crippen LogP contribution < -0.4 is 5.73 Å². The van der Waals surface area contributed by atoms with Gasteiger partial charge in [-0.05, 0) is 22.0 Å². The molecule has 0 amide bonds. The number of imidazole rings is 1. The Bertz CT molecular complexity index is 424. The molecule has 13 heavy (non-hydrogen) atoms. The van der Waals surface area contributed by atoms with E-state index in [1.807, 2.05) is 6.07 Å². The Kier molecular flexibility index (Phi) is 2.02. The van der Waals surface area contributed by atoms with Crippen LogP contribution in [-0.2, 0) is 0 Å². The van der Waals surface area contributed by atoms with Crippen LogP contribution in [-0.4, -0.2) is 15.0 Å². The molecular formula is C8H7BrN4. The zero-order chi connectivity index (χ0) is 9.26. The van der Waals surface area contributed by atoms with Gasteiger partial charge in [0.05, 0.1) is 11.9 Å². The molecule has 2 heterocycles. The lowest BCUT2D eigenvalue weighted by Gasteiger charge is -1.98. The standard InChI is InChI=1S/C8H7BrN4/c9-6-3-11-2-1-5(6)7-4-12-8(10)13-7/h1-4H,(H3,10,12,13). The van der Waals surface area contributed by atoms with Gasteiger partial charge in [-0.3, -0.25) is 4.98 Å². The molecule has 0 saturated heterocycles. The first-order chi connectivity index (χ1) is 6.27. The lowest BCUT2D eigenvalue weighted by Crippen LogP contribution is -1.86. The molecular weight excluding hydrogens is 232 g/mol. The van der Waals surface area contributed by atoms with E-state index in [0.29, 0.717) is 5.95 Å². The molecule has 0 atom stereocenters. The first-order valence-electron chi connectivity index (χ1n) is 3.68. The first kappa shape index (κ1) is 8.25. The van der Waals surface area contributed by atoms with Gasteiger partial charge in [-0.15, -0.1) is 0 Å². The molecule has 5 heteroatoms. The van der Waals surface area contributed by atoms with E-state index in [1.165, 1.54) is 0 Å². The molecule has 0 aliphatic rings. The number of nitrogens with zero attached hydrogens (tertiary/aromatic N) is 2. The van der Waals surface area contributed by atoms with Crippen LogP contribution in [0.15, 0.2) is 29.1 Å². The fourth-order valence-corrected chi connectivity index (χ4v) is 1.53. The minimum absolute atomic E-state index is 0.415. The number of aromatic amines is 1. The predicted molar refractivity (Wildman–Crippen MR) is 53.9 cm³/mol. The van der Waals surface area contributed by atoms with E-state index in [4.69, 9.17) is 5.73 Å². The molecule has 2 aromatic heterocycles. The maximum atomic E-state index is 5.47. The normalized spacial score (nSPS) is 10.2. The lowest BCUT2D eigenvalue weighted by atomic mass is 10.2. The highest BCUT2D eigenvalue weighted by Gasteiger charge is 2.04. The summed E-state index contributed by atoms with van der Waals surface area (Å²) in [6.45, 7) is 0. The van der Waals surface area contributed by atoms with Crippen molar-refractivity contribution in [1.82, 2.24) is 15.0 Å². The number of nitrogen functional groups attached to an aromatic ring is 1. The van der Waals surface area contributed by atoms with Gasteiger partial charge in [0.1, 0.15) is 0 Å². The van der Waals surface area contributed by atoms with Crippen LogP contribution in [0.5, 0.6) is 0 Å². The Hall–Kier alpha value is -1.36. The first-order valence-corrected chi connectivity index (χ1v) is 4.47. The van der Waals surface area contributed by atoms with Gasteiger partial charge in [-0.25, -0.2) is 4.98 Å².